The molecule has 0 unspecified atom stereocenters. The Balaban J connectivity index is 1.75. The second kappa shape index (κ2) is 10.3. The van der Waals surface area contributed by atoms with E-state index in [4.69, 9.17) is 12.3 Å². The molecular weight excluding hydrogens is 418 g/mol. The first-order valence-corrected chi connectivity index (χ1v) is 11.1. The van der Waals surface area contributed by atoms with E-state index in [1.165, 1.54) is 0 Å². The SMILES string of the molecule is [2H]c1nc(C([2H])([2H])[2H])c([2H])nc1C(=O)NCCc1c([2H])c([2H])c(S(=O)(=O)NC(=O)NC2CCCCC2)c([2H])c1[2H]. The first-order valence-electron chi connectivity index (χ1n) is 14.1. The van der Waals surface area contributed by atoms with Crippen molar-refractivity contribution < 1.29 is 30.3 Å². The highest BCUT2D eigenvalue weighted by molar-refractivity contribution is 7.90. The molecule has 31 heavy (non-hydrogen) atoms. The van der Waals surface area contributed by atoms with Crippen LogP contribution < -0.4 is 15.4 Å². The Morgan fingerprint density at radius 2 is 1.87 bits per heavy atom. The van der Waals surface area contributed by atoms with Crippen LogP contribution in [0.2, 0.25) is 0 Å². The van der Waals surface area contributed by atoms with Crippen molar-refractivity contribution in [1.82, 2.24) is 25.3 Å². The van der Waals surface area contributed by atoms with Crippen LogP contribution in [0.5, 0.6) is 0 Å². The number of rotatable bonds is 7. The lowest BCUT2D eigenvalue weighted by Crippen LogP contribution is -2.45. The van der Waals surface area contributed by atoms with Crippen molar-refractivity contribution in [3.05, 3.63) is 53.5 Å². The van der Waals surface area contributed by atoms with E-state index in [1.807, 2.05) is 0 Å². The average Bonchev–Trinajstić information content (AvgIpc) is 2.85. The fourth-order valence-electron chi connectivity index (χ4n) is 2.98. The smallest absolute Gasteiger partial charge is 0.328 e. The van der Waals surface area contributed by atoms with Crippen molar-refractivity contribution in [2.24, 2.45) is 0 Å². The van der Waals surface area contributed by atoms with Gasteiger partial charge in [-0.1, -0.05) is 31.3 Å². The first kappa shape index (κ1) is 13.4. The summed E-state index contributed by atoms with van der Waals surface area (Å²) in [6, 6.07) is -4.44. The number of nitrogens with one attached hydrogen (secondary N) is 3. The van der Waals surface area contributed by atoms with Crippen LogP contribution in [0, 0.1) is 6.85 Å². The summed E-state index contributed by atoms with van der Waals surface area (Å²) >= 11 is 0. The molecule has 3 amide bonds. The standard InChI is InChI=1S/C21H27N5O4S/c1-15-13-24-19(14-23-15)20(27)22-12-11-16-7-9-18(10-8-16)31(29,30)26-21(28)25-17-5-3-2-4-6-17/h7-10,13-14,17H,2-6,11-12H2,1H3,(H,22,27)(H2,25,26,28)/i1D3,7D,8D,9D,10D,13D,14D. The lowest BCUT2D eigenvalue weighted by Gasteiger charge is -2.22. The molecule has 166 valence electrons. The molecule has 0 spiro atoms. The summed E-state index contributed by atoms with van der Waals surface area (Å²) in [5.74, 6) is -0.995. The number of nitrogens with zero attached hydrogens (tertiary/aromatic N) is 2. The van der Waals surface area contributed by atoms with Crippen molar-refractivity contribution in [2.75, 3.05) is 6.54 Å². The lowest BCUT2D eigenvalue weighted by molar-refractivity contribution is 0.0948. The molecule has 1 aliphatic rings. The van der Waals surface area contributed by atoms with E-state index in [0.29, 0.717) is 12.8 Å². The first-order chi connectivity index (χ1) is 18.5. The molecule has 1 saturated carbocycles. The van der Waals surface area contributed by atoms with E-state index < -0.39 is 81.6 Å². The van der Waals surface area contributed by atoms with Gasteiger partial charge < -0.3 is 10.6 Å². The summed E-state index contributed by atoms with van der Waals surface area (Å²) in [6.07, 6.45) is 2.29. The molecule has 3 N–H and O–H groups in total. The molecule has 1 aromatic carbocycles. The van der Waals surface area contributed by atoms with Crippen molar-refractivity contribution in [1.29, 1.82) is 0 Å². The highest BCUT2D eigenvalue weighted by atomic mass is 32.2. The fourth-order valence-corrected chi connectivity index (χ4v) is 3.75. The van der Waals surface area contributed by atoms with Gasteiger partial charge in [0.2, 0.25) is 0 Å². The minimum atomic E-state index is -4.77. The molecular formula is C21H27N5O4S. The lowest BCUT2D eigenvalue weighted by atomic mass is 9.96. The van der Waals surface area contributed by atoms with Gasteiger partial charge in [-0.3, -0.25) is 9.78 Å². The second-order valence-corrected chi connectivity index (χ2v) is 8.49. The third-order valence-electron chi connectivity index (χ3n) is 4.51. The Bertz CT molecular complexity index is 1400. The molecule has 1 fully saturated rings. The molecule has 1 aromatic heterocycles. The van der Waals surface area contributed by atoms with Gasteiger partial charge in [0, 0.05) is 22.9 Å². The Morgan fingerprint density at radius 3 is 2.58 bits per heavy atom. The summed E-state index contributed by atoms with van der Waals surface area (Å²) in [5.41, 5.74) is -1.60. The quantitative estimate of drug-likeness (QED) is 0.587. The second-order valence-electron chi connectivity index (χ2n) is 6.87. The maximum atomic E-state index is 12.8. The number of amides is 3. The number of aryl methyl sites for hydroxylation is 1. The van der Waals surface area contributed by atoms with E-state index in [2.05, 4.69) is 20.6 Å². The molecule has 0 saturated heterocycles. The molecule has 1 heterocycles. The van der Waals surface area contributed by atoms with Gasteiger partial charge in [-0.2, -0.15) is 0 Å². The Kier molecular flexibility index (Phi) is 4.47. The molecule has 2 aromatic rings. The molecule has 0 atom stereocenters. The largest absolute Gasteiger partial charge is 0.350 e. The summed E-state index contributed by atoms with van der Waals surface area (Å²) in [6.45, 7) is -3.11. The van der Waals surface area contributed by atoms with Crippen LogP contribution in [0.1, 0.15) is 66.2 Å². The number of carbonyl (C=O) groups excluding carboxylic acids is 2. The van der Waals surface area contributed by atoms with Gasteiger partial charge in [-0.15, -0.1) is 0 Å². The van der Waals surface area contributed by atoms with Gasteiger partial charge in [0.15, 0.2) is 0 Å². The molecule has 0 bridgehead atoms. The van der Waals surface area contributed by atoms with Crippen LogP contribution >= 0.6 is 0 Å². The topological polar surface area (TPSA) is 130 Å². The van der Waals surface area contributed by atoms with Gasteiger partial charge in [0.25, 0.3) is 15.9 Å². The van der Waals surface area contributed by atoms with Gasteiger partial charge in [0.1, 0.15) is 5.69 Å². The van der Waals surface area contributed by atoms with Gasteiger partial charge in [-0.25, -0.2) is 22.9 Å². The van der Waals surface area contributed by atoms with E-state index in [1.54, 1.807) is 4.72 Å². The normalized spacial score (nSPS) is 19.2. The van der Waals surface area contributed by atoms with Gasteiger partial charge >= 0.3 is 6.03 Å². The number of benzene rings is 1. The number of hydrogen-bond acceptors (Lipinski definition) is 6. The zero-order valence-corrected chi connectivity index (χ0v) is 17.3. The van der Waals surface area contributed by atoms with Crippen LogP contribution in [0.4, 0.5) is 4.79 Å². The van der Waals surface area contributed by atoms with Crippen LogP contribution in [-0.4, -0.2) is 42.9 Å². The predicted molar refractivity (Wildman–Crippen MR) is 115 cm³/mol. The Hall–Kier alpha value is -3.01. The van der Waals surface area contributed by atoms with Crippen molar-refractivity contribution in [3.8, 4) is 0 Å². The van der Waals surface area contributed by atoms with Crippen LogP contribution in [0.15, 0.2) is 41.4 Å². The van der Waals surface area contributed by atoms with E-state index in [-0.39, 0.29) is 24.6 Å². The predicted octanol–water partition coefficient (Wildman–Crippen LogP) is 2.08. The van der Waals surface area contributed by atoms with Crippen molar-refractivity contribution in [2.45, 2.75) is 56.3 Å². The summed E-state index contributed by atoms with van der Waals surface area (Å²) < 4.78 is 97.5. The van der Waals surface area contributed by atoms with Gasteiger partial charge in [-0.05, 0) is 43.8 Å². The number of aromatic nitrogens is 2. The van der Waals surface area contributed by atoms with Crippen LogP contribution in [0.25, 0.3) is 0 Å². The van der Waals surface area contributed by atoms with Gasteiger partial charge in [0.05, 0.1) is 25.0 Å². The fraction of sp³-hybridized carbons (Fsp3) is 0.429. The number of carbonyl (C=O) groups is 2. The minimum Gasteiger partial charge on any atom is -0.350 e. The summed E-state index contributed by atoms with van der Waals surface area (Å²) in [4.78, 5) is 30.7. The zero-order valence-electron chi connectivity index (χ0n) is 25.5. The number of hydrogen-bond donors (Lipinski definition) is 3. The zero-order chi connectivity index (χ0) is 30.0. The Morgan fingerprint density at radius 1 is 1.13 bits per heavy atom. The molecule has 0 radical (unpaired) electrons. The summed E-state index contributed by atoms with van der Waals surface area (Å²) in [7, 11) is -4.77. The maximum absolute atomic E-state index is 12.8. The molecule has 1 aliphatic carbocycles. The van der Waals surface area contributed by atoms with E-state index in [0.717, 1.165) is 19.3 Å². The van der Waals surface area contributed by atoms with Crippen LogP contribution in [-0.2, 0) is 16.4 Å². The highest BCUT2D eigenvalue weighted by Crippen LogP contribution is 2.17. The van der Waals surface area contributed by atoms with Crippen molar-refractivity contribution in [3.63, 3.8) is 0 Å². The average molecular weight is 455 g/mol. The maximum Gasteiger partial charge on any atom is 0.328 e. The third kappa shape index (κ3) is 6.74. The molecule has 10 heteroatoms. The molecule has 3 rings (SSSR count). The molecule has 0 aliphatic heterocycles. The summed E-state index contributed by atoms with van der Waals surface area (Å²) in [5, 5.41) is 4.86. The minimum absolute atomic E-state index is 0.213. The van der Waals surface area contributed by atoms with Crippen LogP contribution in [0.3, 0.4) is 0 Å². The third-order valence-corrected chi connectivity index (χ3v) is 5.71. The van der Waals surface area contributed by atoms with Crippen molar-refractivity contribution >= 4 is 22.0 Å². The van der Waals surface area contributed by atoms with E-state index in [9.17, 15) is 18.0 Å². The highest BCUT2D eigenvalue weighted by Gasteiger charge is 2.21. The Labute approximate surface area is 194 Å². The monoisotopic (exact) mass is 454 g/mol. The molecule has 9 nitrogen and oxygen atoms in total. The van der Waals surface area contributed by atoms with E-state index >= 15 is 0 Å². The number of sulfonamides is 1. The number of urea groups is 1.